The Bertz CT molecular complexity index is 602. The monoisotopic (exact) mass is 309 g/mol. The maximum atomic E-state index is 11.9. The van der Waals surface area contributed by atoms with Gasteiger partial charge in [0.2, 0.25) is 0 Å². The van der Waals surface area contributed by atoms with E-state index in [0.29, 0.717) is 17.3 Å². The van der Waals surface area contributed by atoms with Gasteiger partial charge in [0.25, 0.3) is 5.91 Å². The molecular formula is C14H16ClN3OS. The van der Waals surface area contributed by atoms with Gasteiger partial charge in [-0.05, 0) is 26.0 Å². The van der Waals surface area contributed by atoms with Crippen LogP contribution in [0.2, 0.25) is 5.02 Å². The normalized spacial score (nSPS) is 11.4. The number of halogens is 1. The number of rotatable bonds is 4. The number of nitrogens with two attached hydrogens (primary N) is 1. The summed E-state index contributed by atoms with van der Waals surface area (Å²) in [5, 5.41) is 5.98. The molecule has 2 aromatic rings. The summed E-state index contributed by atoms with van der Waals surface area (Å²) in [5.74, 6) is -0.208. The molecule has 2 rings (SSSR count). The zero-order chi connectivity index (χ0) is 14.8. The third-order valence-electron chi connectivity index (χ3n) is 2.53. The van der Waals surface area contributed by atoms with Crippen LogP contribution in [0, 0.1) is 0 Å². The number of nitrogens with one attached hydrogen (secondary N) is 1. The van der Waals surface area contributed by atoms with Crippen molar-refractivity contribution in [1.82, 2.24) is 10.3 Å². The Morgan fingerprint density at radius 1 is 1.40 bits per heavy atom. The molecule has 3 N–H and O–H groups in total. The molecule has 6 heteroatoms. The Hall–Kier alpha value is -1.43. The highest BCUT2D eigenvalue weighted by atomic mass is 35.5. The van der Waals surface area contributed by atoms with Crippen molar-refractivity contribution in [3.8, 4) is 10.6 Å². The van der Waals surface area contributed by atoms with E-state index < -0.39 is 5.54 Å². The van der Waals surface area contributed by atoms with Crippen LogP contribution in [0.1, 0.15) is 24.3 Å². The second-order valence-corrected chi connectivity index (χ2v) is 6.51. The molecule has 1 amide bonds. The van der Waals surface area contributed by atoms with E-state index in [1.54, 1.807) is 17.5 Å². The van der Waals surface area contributed by atoms with Crippen LogP contribution in [0.5, 0.6) is 0 Å². The fraction of sp³-hybridized carbons (Fsp3) is 0.286. The molecule has 0 fully saturated rings. The summed E-state index contributed by atoms with van der Waals surface area (Å²) in [6.45, 7) is 4.11. The highest BCUT2D eigenvalue weighted by molar-refractivity contribution is 7.13. The van der Waals surface area contributed by atoms with Gasteiger partial charge in [0.15, 0.2) is 0 Å². The summed E-state index contributed by atoms with van der Waals surface area (Å²) in [6, 6.07) is 7.36. The highest BCUT2D eigenvalue weighted by Crippen LogP contribution is 2.25. The predicted octanol–water partition coefficient (Wildman–Crippen LogP) is 2.93. The maximum absolute atomic E-state index is 11.9. The van der Waals surface area contributed by atoms with Crippen molar-refractivity contribution in [2.75, 3.05) is 6.54 Å². The summed E-state index contributed by atoms with van der Waals surface area (Å²) in [5.41, 5.74) is 6.74. The molecule has 0 aliphatic carbocycles. The molecule has 106 valence electrons. The molecule has 0 saturated heterocycles. The smallest absolute Gasteiger partial charge is 0.270 e. The van der Waals surface area contributed by atoms with Crippen molar-refractivity contribution in [3.05, 3.63) is 40.4 Å². The summed E-state index contributed by atoms with van der Waals surface area (Å²) < 4.78 is 0. The lowest BCUT2D eigenvalue weighted by atomic mass is 10.1. The van der Waals surface area contributed by atoms with E-state index in [1.165, 1.54) is 11.3 Å². The van der Waals surface area contributed by atoms with Gasteiger partial charge in [-0.2, -0.15) is 0 Å². The number of thiazole rings is 1. The van der Waals surface area contributed by atoms with E-state index in [9.17, 15) is 4.79 Å². The molecule has 4 nitrogen and oxygen atoms in total. The predicted molar refractivity (Wildman–Crippen MR) is 83.2 cm³/mol. The van der Waals surface area contributed by atoms with Gasteiger partial charge in [0.1, 0.15) is 10.7 Å². The minimum absolute atomic E-state index is 0.208. The first-order chi connectivity index (χ1) is 9.35. The fourth-order valence-electron chi connectivity index (χ4n) is 1.50. The molecule has 1 aromatic heterocycles. The van der Waals surface area contributed by atoms with Gasteiger partial charge < -0.3 is 11.1 Å². The summed E-state index contributed by atoms with van der Waals surface area (Å²) in [6.07, 6.45) is 0. The Labute approximate surface area is 127 Å². The molecular weight excluding hydrogens is 294 g/mol. The average Bonchev–Trinajstić information content (AvgIpc) is 2.85. The molecule has 0 atom stereocenters. The lowest BCUT2D eigenvalue weighted by Gasteiger charge is -2.18. The molecule has 0 spiro atoms. The Kier molecular flexibility index (Phi) is 4.42. The van der Waals surface area contributed by atoms with Crippen LogP contribution < -0.4 is 11.1 Å². The molecule has 1 heterocycles. The Morgan fingerprint density at radius 2 is 2.05 bits per heavy atom. The van der Waals surface area contributed by atoms with Gasteiger partial charge in [-0.15, -0.1) is 11.3 Å². The minimum Gasteiger partial charge on any atom is -0.349 e. The minimum atomic E-state index is -0.440. The zero-order valence-electron chi connectivity index (χ0n) is 11.3. The van der Waals surface area contributed by atoms with Gasteiger partial charge >= 0.3 is 0 Å². The van der Waals surface area contributed by atoms with Crippen molar-refractivity contribution in [2.45, 2.75) is 19.4 Å². The number of benzene rings is 1. The number of carbonyl (C=O) groups excluding carboxylic acids is 1. The SMILES string of the molecule is CC(C)(N)CNC(=O)c1csc(-c2ccc(Cl)cc2)n1. The van der Waals surface area contributed by atoms with Crippen LogP contribution in [0.25, 0.3) is 10.6 Å². The third kappa shape index (κ3) is 4.03. The number of amides is 1. The van der Waals surface area contributed by atoms with Crippen LogP contribution in [-0.2, 0) is 0 Å². The van der Waals surface area contributed by atoms with E-state index in [2.05, 4.69) is 10.3 Å². The van der Waals surface area contributed by atoms with Crippen molar-refractivity contribution < 1.29 is 4.79 Å². The summed E-state index contributed by atoms with van der Waals surface area (Å²) in [7, 11) is 0. The molecule has 20 heavy (non-hydrogen) atoms. The quantitative estimate of drug-likeness (QED) is 0.912. The van der Waals surface area contributed by atoms with Gasteiger partial charge in [0, 0.05) is 28.0 Å². The van der Waals surface area contributed by atoms with E-state index >= 15 is 0 Å². The van der Waals surface area contributed by atoms with Gasteiger partial charge in [-0.3, -0.25) is 4.79 Å². The van der Waals surface area contributed by atoms with E-state index in [4.69, 9.17) is 17.3 Å². The number of nitrogens with zero attached hydrogens (tertiary/aromatic N) is 1. The molecule has 0 aliphatic rings. The standard InChI is InChI=1S/C14H16ClN3OS/c1-14(2,16)8-17-12(19)11-7-20-13(18-11)9-3-5-10(15)6-4-9/h3-7H,8,16H2,1-2H3,(H,17,19). The maximum Gasteiger partial charge on any atom is 0.270 e. The first-order valence-corrected chi connectivity index (χ1v) is 7.39. The lowest BCUT2D eigenvalue weighted by Crippen LogP contribution is -2.45. The second kappa shape index (κ2) is 5.91. The van der Waals surface area contributed by atoms with Gasteiger partial charge in [0.05, 0.1) is 0 Å². The molecule has 0 radical (unpaired) electrons. The molecule has 0 saturated carbocycles. The number of aromatic nitrogens is 1. The fourth-order valence-corrected chi connectivity index (χ4v) is 2.43. The van der Waals surface area contributed by atoms with Crippen molar-refractivity contribution in [1.29, 1.82) is 0 Å². The van der Waals surface area contributed by atoms with E-state index in [0.717, 1.165) is 10.6 Å². The number of carbonyl (C=O) groups is 1. The van der Waals surface area contributed by atoms with E-state index in [-0.39, 0.29) is 5.91 Å². The van der Waals surface area contributed by atoms with Crippen molar-refractivity contribution in [2.24, 2.45) is 5.73 Å². The van der Waals surface area contributed by atoms with E-state index in [1.807, 2.05) is 26.0 Å². The van der Waals surface area contributed by atoms with Crippen LogP contribution in [0.15, 0.2) is 29.6 Å². The van der Waals surface area contributed by atoms with Crippen LogP contribution >= 0.6 is 22.9 Å². The second-order valence-electron chi connectivity index (χ2n) is 5.22. The first kappa shape index (κ1) is 15.0. The molecule has 0 unspecified atom stereocenters. The van der Waals surface area contributed by atoms with Crippen molar-refractivity contribution in [3.63, 3.8) is 0 Å². The Balaban J connectivity index is 2.09. The zero-order valence-corrected chi connectivity index (χ0v) is 12.9. The summed E-state index contributed by atoms with van der Waals surface area (Å²) >= 11 is 7.27. The average molecular weight is 310 g/mol. The largest absolute Gasteiger partial charge is 0.349 e. The topological polar surface area (TPSA) is 68.0 Å². The van der Waals surface area contributed by atoms with Crippen LogP contribution in [0.4, 0.5) is 0 Å². The molecule has 0 aliphatic heterocycles. The molecule has 0 bridgehead atoms. The Morgan fingerprint density at radius 3 is 2.65 bits per heavy atom. The highest BCUT2D eigenvalue weighted by Gasteiger charge is 2.15. The van der Waals surface area contributed by atoms with Crippen LogP contribution in [0.3, 0.4) is 0 Å². The van der Waals surface area contributed by atoms with Crippen LogP contribution in [-0.4, -0.2) is 23.0 Å². The molecule has 1 aromatic carbocycles. The van der Waals surface area contributed by atoms with Crippen molar-refractivity contribution >= 4 is 28.8 Å². The van der Waals surface area contributed by atoms with Gasteiger partial charge in [-0.25, -0.2) is 4.98 Å². The first-order valence-electron chi connectivity index (χ1n) is 6.14. The summed E-state index contributed by atoms with van der Waals surface area (Å²) in [4.78, 5) is 16.3. The van der Waals surface area contributed by atoms with Gasteiger partial charge in [-0.1, -0.05) is 23.7 Å². The lowest BCUT2D eigenvalue weighted by molar-refractivity contribution is 0.0942. The number of hydrogen-bond donors (Lipinski definition) is 2. The number of hydrogen-bond acceptors (Lipinski definition) is 4. The third-order valence-corrected chi connectivity index (χ3v) is 3.68.